The number of rotatable bonds is 6. The van der Waals surface area contributed by atoms with Crippen LogP contribution in [0.2, 0.25) is 0 Å². The van der Waals surface area contributed by atoms with Crippen LogP contribution in [0.3, 0.4) is 0 Å². The monoisotopic (exact) mass is 457 g/mol. The van der Waals surface area contributed by atoms with E-state index in [4.69, 9.17) is 4.42 Å². The Morgan fingerprint density at radius 1 is 1.23 bits per heavy atom. The van der Waals surface area contributed by atoms with Gasteiger partial charge in [-0.1, -0.05) is 29.2 Å². The Morgan fingerprint density at radius 2 is 2.17 bits per heavy atom. The molecule has 0 atom stereocenters. The molecule has 0 aliphatic heterocycles. The summed E-state index contributed by atoms with van der Waals surface area (Å²) in [5, 5.41) is 14.2. The van der Waals surface area contributed by atoms with Crippen molar-refractivity contribution in [3.05, 3.63) is 70.0 Å². The molecular formula is C19H12FN5O2S3. The summed E-state index contributed by atoms with van der Waals surface area (Å²) in [7, 11) is 0. The van der Waals surface area contributed by atoms with Gasteiger partial charge < -0.3 is 14.7 Å². The Balaban J connectivity index is 1.31. The lowest BCUT2D eigenvalue weighted by atomic mass is 10.2. The Labute approximate surface area is 181 Å². The van der Waals surface area contributed by atoms with Crippen LogP contribution in [0.4, 0.5) is 15.2 Å². The van der Waals surface area contributed by atoms with Gasteiger partial charge in [0.15, 0.2) is 4.34 Å². The number of nitrogens with zero attached hydrogens (tertiary/aromatic N) is 3. The Morgan fingerprint density at radius 3 is 3.00 bits per heavy atom. The predicted molar refractivity (Wildman–Crippen MR) is 117 cm³/mol. The summed E-state index contributed by atoms with van der Waals surface area (Å²) < 4.78 is 19.4. The lowest BCUT2D eigenvalue weighted by Crippen LogP contribution is -2.10. The molecule has 0 amide bonds. The molecule has 5 rings (SSSR count). The zero-order valence-electron chi connectivity index (χ0n) is 15.1. The van der Waals surface area contributed by atoms with Crippen LogP contribution in [0.1, 0.15) is 5.82 Å². The van der Waals surface area contributed by atoms with Gasteiger partial charge in [0.2, 0.25) is 5.13 Å². The number of benzene rings is 1. The molecule has 0 saturated heterocycles. The first-order valence-corrected chi connectivity index (χ1v) is 11.4. The van der Waals surface area contributed by atoms with Gasteiger partial charge in [0, 0.05) is 16.6 Å². The number of furan rings is 1. The minimum absolute atomic E-state index is 0.200. The quantitative estimate of drug-likeness (QED) is 0.335. The molecule has 0 spiro atoms. The van der Waals surface area contributed by atoms with Gasteiger partial charge in [-0.15, -0.1) is 21.5 Å². The van der Waals surface area contributed by atoms with Gasteiger partial charge in [-0.05, 0) is 30.3 Å². The second kappa shape index (κ2) is 8.01. The topological polar surface area (TPSA) is 96.7 Å². The lowest BCUT2D eigenvalue weighted by molar-refractivity contribution is 0.583. The van der Waals surface area contributed by atoms with Crippen LogP contribution in [-0.4, -0.2) is 20.2 Å². The molecule has 0 saturated carbocycles. The summed E-state index contributed by atoms with van der Waals surface area (Å²) in [6.07, 6.45) is 1.57. The molecule has 5 aromatic rings. The van der Waals surface area contributed by atoms with E-state index in [-0.39, 0.29) is 11.4 Å². The Hall–Kier alpha value is -3.02. The number of halogens is 1. The van der Waals surface area contributed by atoms with Gasteiger partial charge in [0.1, 0.15) is 22.2 Å². The summed E-state index contributed by atoms with van der Waals surface area (Å²) in [5.74, 6) is 1.31. The number of thiophene rings is 1. The second-order valence-electron chi connectivity index (χ2n) is 6.12. The molecule has 0 radical (unpaired) electrons. The molecule has 7 nitrogen and oxygen atoms in total. The first-order valence-electron chi connectivity index (χ1n) is 8.69. The predicted octanol–water partition coefficient (Wildman–Crippen LogP) is 5.27. The minimum atomic E-state index is -0.326. The zero-order chi connectivity index (χ0) is 20.5. The number of nitrogens with one attached hydrogen (secondary N) is 2. The third-order valence-corrected chi connectivity index (χ3v) is 6.95. The molecule has 11 heteroatoms. The molecule has 0 aliphatic carbocycles. The number of H-pyrrole nitrogens is 1. The van der Waals surface area contributed by atoms with Gasteiger partial charge in [-0.2, -0.15) is 0 Å². The van der Waals surface area contributed by atoms with Crippen LogP contribution in [0.25, 0.3) is 21.5 Å². The van der Waals surface area contributed by atoms with Crippen LogP contribution in [0, 0.1) is 5.82 Å². The molecular weight excluding hydrogens is 445 g/mol. The van der Waals surface area contributed by atoms with Crippen LogP contribution < -0.4 is 10.9 Å². The van der Waals surface area contributed by atoms with Crippen LogP contribution in [0.5, 0.6) is 0 Å². The molecule has 4 heterocycles. The second-order valence-corrected chi connectivity index (χ2v) is 9.17. The molecule has 150 valence electrons. The number of aromatic amines is 1. The van der Waals surface area contributed by atoms with Crippen molar-refractivity contribution in [3.8, 4) is 11.3 Å². The molecule has 0 unspecified atom stereocenters. The van der Waals surface area contributed by atoms with E-state index in [2.05, 4.69) is 25.5 Å². The maximum atomic E-state index is 13.3. The van der Waals surface area contributed by atoms with Crippen LogP contribution in [-0.2, 0) is 5.75 Å². The molecule has 0 bridgehead atoms. The number of thioether (sulfide) groups is 1. The van der Waals surface area contributed by atoms with Crippen LogP contribution in [0.15, 0.2) is 61.6 Å². The maximum Gasteiger partial charge on any atom is 0.260 e. The van der Waals surface area contributed by atoms with Crippen molar-refractivity contribution in [2.45, 2.75) is 10.1 Å². The molecule has 30 heavy (non-hydrogen) atoms. The number of hydrogen-bond acceptors (Lipinski definition) is 9. The SMILES string of the molecule is O=c1[nH]c(CSc2nnc(Nc3cccc(F)c3)s2)nc2scc(-c3ccco3)c12. The number of anilines is 2. The summed E-state index contributed by atoms with van der Waals surface area (Å²) in [6, 6.07) is 9.73. The van der Waals surface area contributed by atoms with E-state index in [0.717, 1.165) is 5.56 Å². The van der Waals surface area contributed by atoms with Crippen molar-refractivity contribution in [1.29, 1.82) is 0 Å². The average Bonchev–Trinajstić information content (AvgIpc) is 3.47. The third kappa shape index (κ3) is 3.86. The lowest BCUT2D eigenvalue weighted by Gasteiger charge is -2.01. The fourth-order valence-corrected chi connectivity index (χ4v) is 5.40. The average molecular weight is 458 g/mol. The summed E-state index contributed by atoms with van der Waals surface area (Å²) in [4.78, 5) is 20.7. The molecule has 2 N–H and O–H groups in total. The van der Waals surface area contributed by atoms with Crippen molar-refractivity contribution in [3.63, 3.8) is 0 Å². The highest BCUT2D eigenvalue weighted by molar-refractivity contribution is 8.00. The van der Waals surface area contributed by atoms with E-state index in [9.17, 15) is 9.18 Å². The standard InChI is InChI=1S/C19H12FN5O2S3/c20-10-3-1-4-11(7-10)21-18-24-25-19(30-18)29-9-14-22-16(26)15-12(8-28-17(15)23-14)13-5-2-6-27-13/h1-8H,9H2,(H,21,24)(H,22,23,26). The van der Waals surface area contributed by atoms with Gasteiger partial charge >= 0.3 is 0 Å². The van der Waals surface area contributed by atoms with E-state index in [1.165, 1.54) is 46.6 Å². The fraction of sp³-hybridized carbons (Fsp3) is 0.0526. The molecule has 4 aromatic heterocycles. The van der Waals surface area contributed by atoms with Gasteiger partial charge in [0.25, 0.3) is 5.56 Å². The third-order valence-electron chi connectivity index (χ3n) is 4.09. The Kier molecular flexibility index (Phi) is 5.07. The molecule has 1 aromatic carbocycles. The minimum Gasteiger partial charge on any atom is -0.464 e. The van der Waals surface area contributed by atoms with Gasteiger partial charge in [-0.25, -0.2) is 9.37 Å². The van der Waals surface area contributed by atoms with E-state index in [0.29, 0.717) is 42.7 Å². The first-order chi connectivity index (χ1) is 14.7. The smallest absolute Gasteiger partial charge is 0.260 e. The fourth-order valence-electron chi connectivity index (χ4n) is 2.81. The highest BCUT2D eigenvalue weighted by atomic mass is 32.2. The largest absolute Gasteiger partial charge is 0.464 e. The van der Waals surface area contributed by atoms with E-state index < -0.39 is 0 Å². The normalized spacial score (nSPS) is 11.2. The summed E-state index contributed by atoms with van der Waals surface area (Å²) in [5.41, 5.74) is 1.14. The maximum absolute atomic E-state index is 13.3. The first kappa shape index (κ1) is 19.0. The highest BCUT2D eigenvalue weighted by Crippen LogP contribution is 2.32. The van der Waals surface area contributed by atoms with Crippen molar-refractivity contribution in [1.82, 2.24) is 20.2 Å². The molecule has 0 fully saturated rings. The van der Waals surface area contributed by atoms with Crippen LogP contribution >= 0.6 is 34.4 Å². The molecule has 0 aliphatic rings. The number of hydrogen-bond donors (Lipinski definition) is 2. The highest BCUT2D eigenvalue weighted by Gasteiger charge is 2.15. The summed E-state index contributed by atoms with van der Waals surface area (Å²) in [6.45, 7) is 0. The van der Waals surface area contributed by atoms with E-state index >= 15 is 0 Å². The zero-order valence-corrected chi connectivity index (χ0v) is 17.5. The number of fused-ring (bicyclic) bond motifs is 1. The van der Waals surface area contributed by atoms with E-state index in [1.807, 2.05) is 11.4 Å². The van der Waals surface area contributed by atoms with Crippen molar-refractivity contribution < 1.29 is 8.81 Å². The summed E-state index contributed by atoms with van der Waals surface area (Å²) >= 11 is 4.16. The van der Waals surface area contributed by atoms with E-state index in [1.54, 1.807) is 24.5 Å². The van der Waals surface area contributed by atoms with Gasteiger partial charge in [-0.3, -0.25) is 4.79 Å². The van der Waals surface area contributed by atoms with Gasteiger partial charge in [0.05, 0.1) is 17.4 Å². The number of aromatic nitrogens is 4. The van der Waals surface area contributed by atoms with Crippen molar-refractivity contribution in [2.24, 2.45) is 0 Å². The van der Waals surface area contributed by atoms with Crippen molar-refractivity contribution >= 4 is 55.5 Å². The Bertz CT molecular complexity index is 1380. The van der Waals surface area contributed by atoms with Crippen molar-refractivity contribution in [2.75, 3.05) is 5.32 Å².